The maximum Gasteiger partial charge on any atom is 0.340 e. The Balaban J connectivity index is 1.84. The lowest BCUT2D eigenvalue weighted by atomic mass is 9.63. The van der Waals surface area contributed by atoms with Crippen LogP contribution in [0.3, 0.4) is 0 Å². The lowest BCUT2D eigenvalue weighted by Gasteiger charge is -2.49. The lowest BCUT2D eigenvalue weighted by Crippen LogP contribution is -2.44. The van der Waals surface area contributed by atoms with Crippen LogP contribution in [0.15, 0.2) is 18.5 Å². The summed E-state index contributed by atoms with van der Waals surface area (Å²) in [6.45, 7) is 17.4. The van der Waals surface area contributed by atoms with Crippen molar-refractivity contribution in [3.8, 4) is 17.0 Å². The fraction of sp³-hybridized carbons (Fsp3) is 0.656. The zero-order chi connectivity index (χ0) is 29.2. The Hall–Kier alpha value is -2.74. The number of anilines is 1. The number of piperidine rings is 1. The first-order chi connectivity index (χ1) is 18.8. The summed E-state index contributed by atoms with van der Waals surface area (Å²) >= 11 is 0. The van der Waals surface area contributed by atoms with E-state index in [4.69, 9.17) is 19.2 Å². The third-order valence-corrected chi connectivity index (χ3v) is 7.81. The second-order valence-electron chi connectivity index (χ2n) is 13.2. The number of ether oxygens (including phenoxy) is 3. The zero-order valence-corrected chi connectivity index (χ0v) is 25.5. The SMILES string of the molecule is Cc1ncc(-c2cnc(OCC(C)C)c(F)c2)c(N2CCC3(CCC3)CC2)c1[C@H](OC(C)(C)C)C(=O)OC(C)C. The number of aryl methyl sites for hydroxylation is 1. The minimum Gasteiger partial charge on any atom is -0.475 e. The van der Waals surface area contributed by atoms with Crippen LogP contribution in [-0.4, -0.2) is 47.3 Å². The molecule has 1 aliphatic heterocycles. The monoisotopic (exact) mass is 555 g/mol. The van der Waals surface area contributed by atoms with E-state index >= 15 is 4.39 Å². The van der Waals surface area contributed by atoms with E-state index in [-0.39, 0.29) is 17.9 Å². The Morgan fingerprint density at radius 1 is 1.07 bits per heavy atom. The summed E-state index contributed by atoms with van der Waals surface area (Å²) in [6, 6.07) is 1.45. The second-order valence-corrected chi connectivity index (χ2v) is 13.2. The molecule has 2 fully saturated rings. The molecule has 7 nitrogen and oxygen atoms in total. The third-order valence-electron chi connectivity index (χ3n) is 7.81. The van der Waals surface area contributed by atoms with Crippen LogP contribution in [-0.2, 0) is 14.3 Å². The van der Waals surface area contributed by atoms with Gasteiger partial charge in [0.25, 0.3) is 0 Å². The summed E-state index contributed by atoms with van der Waals surface area (Å²) in [5, 5.41) is 0. The van der Waals surface area contributed by atoms with Crippen molar-refractivity contribution in [2.45, 2.75) is 105 Å². The van der Waals surface area contributed by atoms with E-state index in [9.17, 15) is 4.79 Å². The summed E-state index contributed by atoms with van der Waals surface area (Å²) in [7, 11) is 0. The van der Waals surface area contributed by atoms with Gasteiger partial charge in [0, 0.05) is 47.9 Å². The highest BCUT2D eigenvalue weighted by Gasteiger charge is 2.42. The van der Waals surface area contributed by atoms with E-state index in [0.29, 0.717) is 34.4 Å². The molecule has 3 heterocycles. The smallest absolute Gasteiger partial charge is 0.340 e. The van der Waals surface area contributed by atoms with Gasteiger partial charge < -0.3 is 19.1 Å². The lowest BCUT2D eigenvalue weighted by molar-refractivity contribution is -0.171. The molecule has 0 unspecified atom stereocenters. The standard InChI is InChI=1S/C32H46FN3O4/c1-20(2)19-38-29-25(33)16-23(17-35-29)24-18-34-22(5)26(28(40-31(6,7)8)30(37)39-21(3)4)27(24)36-14-12-32(13-15-36)10-9-11-32/h16-18,20-21,28H,9-15,19H2,1-8H3/t28-/m0/s1. The van der Waals surface area contributed by atoms with E-state index in [2.05, 4.69) is 9.88 Å². The maximum atomic E-state index is 15.2. The molecule has 0 bridgehead atoms. The van der Waals surface area contributed by atoms with Crippen LogP contribution in [0.5, 0.6) is 5.88 Å². The second kappa shape index (κ2) is 12.0. The average Bonchev–Trinajstić information content (AvgIpc) is 2.84. The van der Waals surface area contributed by atoms with Gasteiger partial charge in [0.15, 0.2) is 11.9 Å². The van der Waals surface area contributed by atoms with Crippen LogP contribution in [0, 0.1) is 24.1 Å². The van der Waals surface area contributed by atoms with Crippen molar-refractivity contribution in [2.24, 2.45) is 11.3 Å². The first-order valence-electron chi connectivity index (χ1n) is 14.7. The number of aromatic nitrogens is 2. The molecule has 1 saturated carbocycles. The molecule has 1 saturated heterocycles. The Kier molecular flexibility index (Phi) is 9.08. The van der Waals surface area contributed by atoms with Gasteiger partial charge in [-0.05, 0) is 84.6 Å². The van der Waals surface area contributed by atoms with E-state index in [1.807, 2.05) is 55.4 Å². The minimum absolute atomic E-state index is 0.0151. The van der Waals surface area contributed by atoms with Gasteiger partial charge in [-0.15, -0.1) is 0 Å². The van der Waals surface area contributed by atoms with Crippen LogP contribution in [0.2, 0.25) is 0 Å². The summed E-state index contributed by atoms with van der Waals surface area (Å²) in [5.74, 6) is -0.749. The normalized spacial score (nSPS) is 17.7. The topological polar surface area (TPSA) is 73.8 Å². The Morgan fingerprint density at radius 2 is 1.75 bits per heavy atom. The van der Waals surface area contributed by atoms with Crippen LogP contribution in [0.4, 0.5) is 10.1 Å². The number of carbonyl (C=O) groups is 1. The van der Waals surface area contributed by atoms with E-state index in [1.54, 1.807) is 12.4 Å². The highest BCUT2D eigenvalue weighted by atomic mass is 19.1. The third kappa shape index (κ3) is 6.93. The molecule has 0 radical (unpaired) electrons. The van der Waals surface area contributed by atoms with Crippen molar-refractivity contribution >= 4 is 11.7 Å². The average molecular weight is 556 g/mol. The molecule has 2 aromatic rings. The molecule has 1 spiro atoms. The summed E-state index contributed by atoms with van der Waals surface area (Å²) in [5.41, 5.74) is 3.29. The molecule has 1 aliphatic carbocycles. The minimum atomic E-state index is -0.990. The van der Waals surface area contributed by atoms with Gasteiger partial charge >= 0.3 is 5.97 Å². The van der Waals surface area contributed by atoms with Crippen molar-refractivity contribution in [3.63, 3.8) is 0 Å². The molecule has 2 aliphatic rings. The number of hydrogen-bond acceptors (Lipinski definition) is 7. The van der Waals surface area contributed by atoms with Gasteiger partial charge in [-0.3, -0.25) is 4.98 Å². The fourth-order valence-corrected chi connectivity index (χ4v) is 5.65. The summed E-state index contributed by atoms with van der Waals surface area (Å²) < 4.78 is 32.9. The maximum absolute atomic E-state index is 15.2. The van der Waals surface area contributed by atoms with Crippen molar-refractivity contribution in [3.05, 3.63) is 35.5 Å². The van der Waals surface area contributed by atoms with Crippen molar-refractivity contribution in [2.75, 3.05) is 24.6 Å². The number of esters is 1. The first-order valence-corrected chi connectivity index (χ1v) is 14.7. The van der Waals surface area contributed by atoms with Gasteiger partial charge in [-0.1, -0.05) is 20.3 Å². The molecule has 0 amide bonds. The molecule has 0 aromatic carbocycles. The highest BCUT2D eigenvalue weighted by molar-refractivity contribution is 5.87. The van der Waals surface area contributed by atoms with Crippen molar-refractivity contribution in [1.82, 2.24) is 9.97 Å². The summed E-state index contributed by atoms with van der Waals surface area (Å²) in [4.78, 5) is 24.9. The fourth-order valence-electron chi connectivity index (χ4n) is 5.65. The van der Waals surface area contributed by atoms with Gasteiger partial charge in [-0.2, -0.15) is 0 Å². The van der Waals surface area contributed by atoms with Crippen LogP contribution < -0.4 is 9.64 Å². The molecule has 220 valence electrons. The van der Waals surface area contributed by atoms with Gasteiger partial charge in [0.2, 0.25) is 5.88 Å². The molecule has 40 heavy (non-hydrogen) atoms. The van der Waals surface area contributed by atoms with Gasteiger partial charge in [-0.25, -0.2) is 14.2 Å². The number of hydrogen-bond donors (Lipinski definition) is 0. The number of carbonyl (C=O) groups excluding carboxylic acids is 1. The Morgan fingerprint density at radius 3 is 2.27 bits per heavy atom. The van der Waals surface area contributed by atoms with Crippen molar-refractivity contribution in [1.29, 1.82) is 0 Å². The van der Waals surface area contributed by atoms with Gasteiger partial charge in [0.1, 0.15) is 0 Å². The van der Waals surface area contributed by atoms with Crippen molar-refractivity contribution < 1.29 is 23.4 Å². The zero-order valence-electron chi connectivity index (χ0n) is 25.5. The van der Waals surface area contributed by atoms with Crippen LogP contribution >= 0.6 is 0 Å². The first kappa shape index (κ1) is 30.2. The van der Waals surface area contributed by atoms with Gasteiger partial charge in [0.05, 0.1) is 24.0 Å². The predicted molar refractivity (Wildman–Crippen MR) is 155 cm³/mol. The summed E-state index contributed by atoms with van der Waals surface area (Å²) in [6.07, 6.45) is 8.12. The number of nitrogens with zero attached hydrogens (tertiary/aromatic N) is 3. The van der Waals surface area contributed by atoms with E-state index in [1.165, 1.54) is 25.3 Å². The quantitative estimate of drug-likeness (QED) is 0.303. The molecular formula is C32H46FN3O4. The largest absolute Gasteiger partial charge is 0.475 e. The molecule has 2 aromatic heterocycles. The number of halogens is 1. The highest BCUT2D eigenvalue weighted by Crippen LogP contribution is 2.51. The van der Waals surface area contributed by atoms with Crippen LogP contribution in [0.1, 0.15) is 97.9 Å². The van der Waals surface area contributed by atoms with Crippen LogP contribution in [0.25, 0.3) is 11.1 Å². The molecular weight excluding hydrogens is 509 g/mol. The molecule has 1 atom stereocenters. The molecule has 0 N–H and O–H groups in total. The molecule has 4 rings (SSSR count). The number of pyridine rings is 2. The molecule has 8 heteroatoms. The van der Waals surface area contributed by atoms with E-state index in [0.717, 1.165) is 31.6 Å². The van der Waals surface area contributed by atoms with E-state index < -0.39 is 23.5 Å². The Labute approximate surface area is 238 Å². The number of rotatable bonds is 9. The Bertz CT molecular complexity index is 1190. The predicted octanol–water partition coefficient (Wildman–Crippen LogP) is 7.20.